The van der Waals surface area contributed by atoms with Gasteiger partial charge in [0.15, 0.2) is 0 Å². The van der Waals surface area contributed by atoms with E-state index in [1.807, 2.05) is 6.07 Å². The van der Waals surface area contributed by atoms with Crippen molar-refractivity contribution >= 4 is 22.9 Å². The minimum absolute atomic E-state index is 0.0899. The first kappa shape index (κ1) is 15.7. The van der Waals surface area contributed by atoms with Gasteiger partial charge in [-0.2, -0.15) is 10.5 Å². The van der Waals surface area contributed by atoms with Crippen LogP contribution in [0.1, 0.15) is 5.82 Å². The summed E-state index contributed by atoms with van der Waals surface area (Å²) in [6.07, 6.45) is -1.31. The molecule has 0 spiro atoms. The first-order valence-corrected chi connectivity index (χ1v) is 6.29. The Kier molecular flexibility index (Phi) is 5.21. The van der Waals surface area contributed by atoms with Crippen molar-refractivity contribution < 1.29 is 13.5 Å². The third-order valence-corrected chi connectivity index (χ3v) is 2.62. The number of halogens is 3. The number of anilines is 1. The fraction of sp³-hybridized carbons (Fsp3) is 0.167. The maximum absolute atomic E-state index is 12.2. The Morgan fingerprint density at radius 2 is 2.36 bits per heavy atom. The van der Waals surface area contributed by atoms with Gasteiger partial charge in [-0.15, -0.1) is 10.2 Å². The van der Waals surface area contributed by atoms with Crippen LogP contribution in [0.15, 0.2) is 24.4 Å². The summed E-state index contributed by atoms with van der Waals surface area (Å²) in [6, 6.07) is 6.30. The normalized spacial score (nSPS) is 11.3. The van der Waals surface area contributed by atoms with Crippen LogP contribution in [-0.4, -0.2) is 33.7 Å². The molecule has 2 aromatic rings. The summed E-state index contributed by atoms with van der Waals surface area (Å²) in [4.78, 5) is 0. The SMILES string of the molecule is N#CC(=CNc1cc(Cl)ccc1OCC(F)F)c1nn[nH]n1. The number of tetrazole rings is 1. The number of nitrogens with zero attached hydrogens (tertiary/aromatic N) is 4. The van der Waals surface area contributed by atoms with Crippen LogP contribution in [0.2, 0.25) is 5.02 Å². The smallest absolute Gasteiger partial charge is 0.272 e. The first-order chi connectivity index (χ1) is 10.6. The molecule has 22 heavy (non-hydrogen) atoms. The van der Waals surface area contributed by atoms with E-state index in [4.69, 9.17) is 21.6 Å². The molecule has 2 N–H and O–H groups in total. The lowest BCUT2D eigenvalue weighted by atomic mass is 10.2. The maximum atomic E-state index is 12.2. The molecule has 0 bridgehead atoms. The second kappa shape index (κ2) is 7.33. The fourth-order valence-electron chi connectivity index (χ4n) is 1.47. The summed E-state index contributed by atoms with van der Waals surface area (Å²) >= 11 is 5.86. The van der Waals surface area contributed by atoms with Crippen LogP contribution in [0.3, 0.4) is 0 Å². The zero-order valence-electron chi connectivity index (χ0n) is 10.9. The van der Waals surface area contributed by atoms with E-state index < -0.39 is 13.0 Å². The molecule has 1 aromatic heterocycles. The van der Waals surface area contributed by atoms with Crippen molar-refractivity contribution in [1.82, 2.24) is 20.6 Å². The van der Waals surface area contributed by atoms with E-state index in [1.165, 1.54) is 24.4 Å². The number of hydrogen-bond donors (Lipinski definition) is 2. The Morgan fingerprint density at radius 3 is 3.00 bits per heavy atom. The predicted molar refractivity (Wildman–Crippen MR) is 74.3 cm³/mol. The Labute approximate surface area is 128 Å². The second-order valence-electron chi connectivity index (χ2n) is 3.89. The van der Waals surface area contributed by atoms with Crippen molar-refractivity contribution in [2.75, 3.05) is 11.9 Å². The molecule has 0 fully saturated rings. The van der Waals surface area contributed by atoms with Crippen molar-refractivity contribution in [2.24, 2.45) is 0 Å². The van der Waals surface area contributed by atoms with Crippen LogP contribution in [0.5, 0.6) is 5.75 Å². The summed E-state index contributed by atoms with van der Waals surface area (Å²) in [7, 11) is 0. The molecule has 0 saturated heterocycles. The third-order valence-electron chi connectivity index (χ3n) is 2.39. The average molecular weight is 327 g/mol. The summed E-state index contributed by atoms with van der Waals surface area (Å²) in [6.45, 7) is -0.754. The van der Waals surface area contributed by atoms with Crippen molar-refractivity contribution in [1.29, 1.82) is 5.26 Å². The van der Waals surface area contributed by atoms with Gasteiger partial charge in [0.1, 0.15) is 24.0 Å². The minimum atomic E-state index is -2.60. The number of aromatic nitrogens is 4. The highest BCUT2D eigenvalue weighted by Gasteiger charge is 2.10. The summed E-state index contributed by atoms with van der Waals surface area (Å²) in [5, 5.41) is 25.1. The molecule has 10 heteroatoms. The van der Waals surface area contributed by atoms with Crippen molar-refractivity contribution in [3.8, 4) is 11.8 Å². The van der Waals surface area contributed by atoms with Gasteiger partial charge < -0.3 is 10.1 Å². The molecule has 0 aliphatic carbocycles. The number of alkyl halides is 2. The van der Waals surface area contributed by atoms with Crippen LogP contribution < -0.4 is 10.1 Å². The number of rotatable bonds is 6. The number of ether oxygens (including phenoxy) is 1. The fourth-order valence-corrected chi connectivity index (χ4v) is 1.64. The van der Waals surface area contributed by atoms with E-state index in [-0.39, 0.29) is 17.1 Å². The first-order valence-electron chi connectivity index (χ1n) is 5.91. The summed E-state index contributed by atoms with van der Waals surface area (Å²) in [5.41, 5.74) is 0.415. The maximum Gasteiger partial charge on any atom is 0.272 e. The molecule has 2 rings (SSSR count). The zero-order chi connectivity index (χ0) is 15.9. The molecule has 0 unspecified atom stereocenters. The van der Waals surface area contributed by atoms with Gasteiger partial charge in [-0.3, -0.25) is 0 Å². The van der Waals surface area contributed by atoms with Crippen LogP contribution in [0.4, 0.5) is 14.5 Å². The monoisotopic (exact) mass is 326 g/mol. The predicted octanol–water partition coefficient (Wildman–Crippen LogP) is 2.47. The highest BCUT2D eigenvalue weighted by molar-refractivity contribution is 6.30. The van der Waals surface area contributed by atoms with Gasteiger partial charge in [0.2, 0.25) is 5.82 Å². The van der Waals surface area contributed by atoms with Gasteiger partial charge in [-0.05, 0) is 23.4 Å². The molecular weight excluding hydrogens is 318 g/mol. The summed E-state index contributed by atoms with van der Waals surface area (Å²) in [5.74, 6) is 0.262. The number of nitrogens with one attached hydrogen (secondary N) is 2. The molecule has 0 radical (unpaired) electrons. The van der Waals surface area contributed by atoms with Gasteiger partial charge in [-0.1, -0.05) is 11.6 Å². The second-order valence-corrected chi connectivity index (χ2v) is 4.33. The molecular formula is C12H9ClF2N6O. The van der Waals surface area contributed by atoms with Crippen molar-refractivity contribution in [2.45, 2.75) is 6.43 Å². The molecule has 1 heterocycles. The number of hydrogen-bond acceptors (Lipinski definition) is 6. The van der Waals surface area contributed by atoms with Gasteiger partial charge in [0, 0.05) is 11.2 Å². The topological polar surface area (TPSA) is 99.5 Å². The molecule has 0 aliphatic rings. The number of allylic oxidation sites excluding steroid dienone is 1. The standard InChI is InChI=1S/C12H9ClF2N6O/c13-8-1-2-10(22-6-11(14)15)9(3-8)17-5-7(4-16)12-18-20-21-19-12/h1-3,5,11,17H,6H2,(H,18,19,20,21). The van der Waals surface area contributed by atoms with E-state index in [2.05, 4.69) is 25.9 Å². The third kappa shape index (κ3) is 4.13. The Balaban J connectivity index is 2.21. The van der Waals surface area contributed by atoms with Crippen LogP contribution in [0.25, 0.3) is 5.57 Å². The number of aromatic amines is 1. The van der Waals surface area contributed by atoms with Gasteiger partial charge >= 0.3 is 0 Å². The molecule has 0 saturated carbocycles. The minimum Gasteiger partial charge on any atom is -0.485 e. The molecule has 7 nitrogen and oxygen atoms in total. The van der Waals surface area contributed by atoms with E-state index in [0.29, 0.717) is 10.7 Å². The lowest BCUT2D eigenvalue weighted by molar-refractivity contribution is 0.0823. The lowest BCUT2D eigenvalue weighted by Crippen LogP contribution is -2.08. The Bertz CT molecular complexity index is 698. The van der Waals surface area contributed by atoms with Crippen LogP contribution >= 0.6 is 11.6 Å². The Hall–Kier alpha value is -2.73. The van der Waals surface area contributed by atoms with Crippen LogP contribution in [0, 0.1) is 11.3 Å². The van der Waals surface area contributed by atoms with Gasteiger partial charge in [0.25, 0.3) is 6.43 Å². The molecule has 0 aliphatic heterocycles. The lowest BCUT2D eigenvalue weighted by Gasteiger charge is -2.11. The van der Waals surface area contributed by atoms with E-state index in [9.17, 15) is 8.78 Å². The zero-order valence-corrected chi connectivity index (χ0v) is 11.7. The van der Waals surface area contributed by atoms with Gasteiger partial charge in [-0.25, -0.2) is 8.78 Å². The van der Waals surface area contributed by atoms with Gasteiger partial charge in [0.05, 0.1) is 5.69 Å². The molecule has 0 atom stereocenters. The van der Waals surface area contributed by atoms with Crippen molar-refractivity contribution in [3.63, 3.8) is 0 Å². The largest absolute Gasteiger partial charge is 0.485 e. The molecule has 1 aromatic carbocycles. The highest BCUT2D eigenvalue weighted by Crippen LogP contribution is 2.28. The number of H-pyrrole nitrogens is 1. The molecule has 114 valence electrons. The highest BCUT2D eigenvalue weighted by atomic mass is 35.5. The van der Waals surface area contributed by atoms with E-state index >= 15 is 0 Å². The number of nitriles is 1. The van der Waals surface area contributed by atoms with Crippen LogP contribution in [-0.2, 0) is 0 Å². The van der Waals surface area contributed by atoms with Crippen molar-refractivity contribution in [3.05, 3.63) is 35.2 Å². The quantitative estimate of drug-likeness (QED) is 0.791. The average Bonchev–Trinajstić information content (AvgIpc) is 3.01. The van der Waals surface area contributed by atoms with E-state index in [1.54, 1.807) is 0 Å². The summed E-state index contributed by atoms with van der Waals surface area (Å²) < 4.78 is 29.4. The number of benzene rings is 1. The van der Waals surface area contributed by atoms with E-state index in [0.717, 1.165) is 0 Å². The Morgan fingerprint density at radius 1 is 1.55 bits per heavy atom. The molecule has 0 amide bonds.